The van der Waals surface area contributed by atoms with Crippen LogP contribution in [0.1, 0.15) is 45.4 Å². The van der Waals surface area contributed by atoms with Crippen molar-refractivity contribution in [2.45, 2.75) is 69.8 Å². The summed E-state index contributed by atoms with van der Waals surface area (Å²) in [6.45, 7) is 3.30. The third kappa shape index (κ3) is 4.50. The molecule has 2 saturated carbocycles. The van der Waals surface area contributed by atoms with E-state index in [4.69, 9.17) is 9.84 Å². The summed E-state index contributed by atoms with van der Waals surface area (Å²) in [5.41, 5.74) is 0. The van der Waals surface area contributed by atoms with E-state index in [0.29, 0.717) is 25.3 Å². The van der Waals surface area contributed by atoms with E-state index in [1.54, 1.807) is 0 Å². The molecule has 0 heterocycles. The Balaban J connectivity index is 1.50. The van der Waals surface area contributed by atoms with Gasteiger partial charge in [0.15, 0.2) is 0 Å². The second kappa shape index (κ2) is 6.85. The number of rotatable bonds is 6. The van der Waals surface area contributed by atoms with Gasteiger partial charge in [0.1, 0.15) is 0 Å². The zero-order valence-corrected chi connectivity index (χ0v) is 11.3. The lowest BCUT2D eigenvalue weighted by Crippen LogP contribution is -2.47. The average Bonchev–Trinajstić information content (AvgIpc) is 2.32. The molecule has 0 bridgehead atoms. The SMILES string of the molecule is CC1CCC(OCC(O)CNC2CC(O)C2)CC1. The van der Waals surface area contributed by atoms with Crippen molar-refractivity contribution in [1.29, 1.82) is 0 Å². The van der Waals surface area contributed by atoms with Gasteiger partial charge in [-0.2, -0.15) is 0 Å². The predicted octanol–water partition coefficient (Wildman–Crippen LogP) is 1.06. The van der Waals surface area contributed by atoms with Crippen LogP contribution in [0.15, 0.2) is 0 Å². The van der Waals surface area contributed by atoms with Crippen LogP contribution in [0.2, 0.25) is 0 Å². The first-order valence-electron chi connectivity index (χ1n) is 7.34. The largest absolute Gasteiger partial charge is 0.393 e. The Morgan fingerprint density at radius 2 is 1.89 bits per heavy atom. The fourth-order valence-electron chi connectivity index (χ4n) is 2.76. The van der Waals surface area contributed by atoms with Gasteiger partial charge >= 0.3 is 0 Å². The highest BCUT2D eigenvalue weighted by molar-refractivity contribution is 4.85. The molecule has 0 aromatic rings. The number of aliphatic hydroxyl groups is 2. The minimum atomic E-state index is -0.429. The molecule has 3 N–H and O–H groups in total. The topological polar surface area (TPSA) is 61.7 Å². The third-order valence-corrected chi connectivity index (χ3v) is 4.24. The van der Waals surface area contributed by atoms with Crippen molar-refractivity contribution in [1.82, 2.24) is 5.32 Å². The summed E-state index contributed by atoms with van der Waals surface area (Å²) in [7, 11) is 0. The van der Waals surface area contributed by atoms with Crippen molar-refractivity contribution >= 4 is 0 Å². The van der Waals surface area contributed by atoms with Crippen LogP contribution in [-0.2, 0) is 4.74 Å². The van der Waals surface area contributed by atoms with Gasteiger partial charge in [-0.15, -0.1) is 0 Å². The molecule has 1 atom stereocenters. The van der Waals surface area contributed by atoms with Crippen LogP contribution in [0.3, 0.4) is 0 Å². The second-order valence-electron chi connectivity index (χ2n) is 6.10. The molecule has 2 aliphatic carbocycles. The van der Waals surface area contributed by atoms with Gasteiger partial charge in [0.25, 0.3) is 0 Å². The summed E-state index contributed by atoms with van der Waals surface area (Å²) >= 11 is 0. The predicted molar refractivity (Wildman–Crippen MR) is 70.4 cm³/mol. The van der Waals surface area contributed by atoms with Crippen molar-refractivity contribution in [3.63, 3.8) is 0 Å². The molecule has 4 heteroatoms. The quantitative estimate of drug-likeness (QED) is 0.666. The van der Waals surface area contributed by atoms with Gasteiger partial charge in [0.2, 0.25) is 0 Å². The maximum Gasteiger partial charge on any atom is 0.0897 e. The van der Waals surface area contributed by atoms with E-state index in [-0.39, 0.29) is 6.10 Å². The lowest BCUT2D eigenvalue weighted by Gasteiger charge is -2.33. The maximum atomic E-state index is 9.82. The van der Waals surface area contributed by atoms with Gasteiger partial charge in [-0.25, -0.2) is 0 Å². The van der Waals surface area contributed by atoms with E-state index >= 15 is 0 Å². The van der Waals surface area contributed by atoms with Crippen molar-refractivity contribution in [3.05, 3.63) is 0 Å². The zero-order chi connectivity index (χ0) is 13.0. The Morgan fingerprint density at radius 3 is 2.50 bits per heavy atom. The Bertz CT molecular complexity index is 235. The van der Waals surface area contributed by atoms with E-state index < -0.39 is 6.10 Å². The average molecular weight is 257 g/mol. The van der Waals surface area contributed by atoms with Gasteiger partial charge in [0, 0.05) is 12.6 Å². The van der Waals surface area contributed by atoms with Gasteiger partial charge in [-0.3, -0.25) is 0 Å². The molecule has 0 aliphatic heterocycles. The van der Waals surface area contributed by atoms with Crippen molar-refractivity contribution in [2.24, 2.45) is 5.92 Å². The molecule has 0 aromatic carbocycles. The van der Waals surface area contributed by atoms with E-state index in [2.05, 4.69) is 12.2 Å². The van der Waals surface area contributed by atoms with Crippen LogP contribution in [0.25, 0.3) is 0 Å². The Labute approximate surface area is 110 Å². The molecule has 2 fully saturated rings. The molecule has 106 valence electrons. The van der Waals surface area contributed by atoms with Crippen molar-refractivity contribution in [3.8, 4) is 0 Å². The molecule has 2 rings (SSSR count). The monoisotopic (exact) mass is 257 g/mol. The highest BCUT2D eigenvalue weighted by Crippen LogP contribution is 2.25. The Hall–Kier alpha value is -0.160. The van der Waals surface area contributed by atoms with E-state index in [1.807, 2.05) is 0 Å². The second-order valence-corrected chi connectivity index (χ2v) is 6.10. The van der Waals surface area contributed by atoms with Crippen LogP contribution in [0.5, 0.6) is 0 Å². The number of ether oxygens (including phenoxy) is 1. The fraction of sp³-hybridized carbons (Fsp3) is 1.00. The highest BCUT2D eigenvalue weighted by Gasteiger charge is 2.27. The van der Waals surface area contributed by atoms with Gasteiger partial charge in [0.05, 0.1) is 24.9 Å². The first kappa shape index (κ1) is 14.3. The lowest BCUT2D eigenvalue weighted by atomic mass is 9.89. The minimum Gasteiger partial charge on any atom is -0.393 e. The summed E-state index contributed by atoms with van der Waals surface area (Å²) < 4.78 is 5.76. The molecule has 4 nitrogen and oxygen atoms in total. The number of hydrogen-bond acceptors (Lipinski definition) is 4. The lowest BCUT2D eigenvalue weighted by molar-refractivity contribution is -0.0309. The van der Waals surface area contributed by atoms with Crippen molar-refractivity contribution < 1.29 is 14.9 Å². The molecule has 0 aromatic heterocycles. The van der Waals surface area contributed by atoms with Crippen LogP contribution < -0.4 is 5.32 Å². The normalized spacial score (nSPS) is 38.2. The molecule has 1 unspecified atom stereocenters. The Kier molecular flexibility index (Phi) is 5.42. The number of hydrogen-bond donors (Lipinski definition) is 3. The van der Waals surface area contributed by atoms with Gasteiger partial charge in [-0.1, -0.05) is 6.92 Å². The van der Waals surface area contributed by atoms with Crippen molar-refractivity contribution in [2.75, 3.05) is 13.2 Å². The molecular weight excluding hydrogens is 230 g/mol. The number of aliphatic hydroxyl groups excluding tert-OH is 2. The first-order chi connectivity index (χ1) is 8.63. The smallest absolute Gasteiger partial charge is 0.0897 e. The van der Waals surface area contributed by atoms with Crippen LogP contribution in [0.4, 0.5) is 0 Å². The van der Waals surface area contributed by atoms with E-state index in [9.17, 15) is 5.11 Å². The summed E-state index contributed by atoms with van der Waals surface area (Å²) in [6.07, 6.45) is 6.18. The molecule has 0 saturated heterocycles. The van der Waals surface area contributed by atoms with Gasteiger partial charge < -0.3 is 20.3 Å². The maximum absolute atomic E-state index is 9.82. The molecule has 0 spiro atoms. The van der Waals surface area contributed by atoms with Crippen LogP contribution >= 0.6 is 0 Å². The van der Waals surface area contributed by atoms with Crippen LogP contribution in [0, 0.1) is 5.92 Å². The summed E-state index contributed by atoms with van der Waals surface area (Å²) in [4.78, 5) is 0. The molecule has 0 amide bonds. The molecule has 0 radical (unpaired) electrons. The standard InChI is InChI=1S/C14H27NO3/c1-10-2-4-14(5-3-10)18-9-13(17)8-15-11-6-12(16)7-11/h10-17H,2-9H2,1H3. The third-order valence-electron chi connectivity index (χ3n) is 4.24. The van der Waals surface area contributed by atoms with E-state index in [1.165, 1.54) is 12.8 Å². The summed E-state index contributed by atoms with van der Waals surface area (Å²) in [5.74, 6) is 0.835. The van der Waals surface area contributed by atoms with E-state index in [0.717, 1.165) is 31.6 Å². The summed E-state index contributed by atoms with van der Waals surface area (Å²) in [6, 6.07) is 0.380. The highest BCUT2D eigenvalue weighted by atomic mass is 16.5. The van der Waals surface area contributed by atoms with Crippen LogP contribution in [-0.4, -0.2) is 47.7 Å². The summed E-state index contributed by atoms with van der Waals surface area (Å²) in [5, 5.41) is 22.2. The molecule has 18 heavy (non-hydrogen) atoms. The fourth-order valence-corrected chi connectivity index (χ4v) is 2.76. The number of nitrogens with one attached hydrogen (secondary N) is 1. The first-order valence-corrected chi connectivity index (χ1v) is 7.34. The van der Waals surface area contributed by atoms with Gasteiger partial charge in [-0.05, 0) is 44.4 Å². The zero-order valence-electron chi connectivity index (χ0n) is 11.3. The molecule has 2 aliphatic rings. The Morgan fingerprint density at radius 1 is 1.22 bits per heavy atom. The minimum absolute atomic E-state index is 0.139. The molecular formula is C14H27NO3.